The molecule has 1 unspecified atom stereocenters. The molecule has 0 bridgehead atoms. The number of halogens is 3. The fourth-order valence-corrected chi connectivity index (χ4v) is 2.22. The van der Waals surface area contributed by atoms with Gasteiger partial charge in [-0.2, -0.15) is 0 Å². The van der Waals surface area contributed by atoms with Crippen LogP contribution in [0, 0.1) is 31.3 Å². The van der Waals surface area contributed by atoms with E-state index in [4.69, 9.17) is 5.84 Å². The largest absolute Gasteiger partial charge is 0.271 e. The van der Waals surface area contributed by atoms with Gasteiger partial charge in [-0.15, -0.1) is 0 Å². The summed E-state index contributed by atoms with van der Waals surface area (Å²) in [5, 5.41) is 0. The maximum Gasteiger partial charge on any atom is 0.194 e. The molecular weight excluding hydrogens is 277 g/mol. The molecular formula is C16H17F3N2. The Hall–Kier alpha value is -1.85. The molecule has 0 heterocycles. The van der Waals surface area contributed by atoms with Crippen molar-refractivity contribution >= 4 is 0 Å². The Balaban J connectivity index is 2.29. The van der Waals surface area contributed by atoms with Crippen LogP contribution in [0.5, 0.6) is 0 Å². The molecule has 0 spiro atoms. The fourth-order valence-electron chi connectivity index (χ4n) is 2.22. The van der Waals surface area contributed by atoms with Crippen LogP contribution in [0.25, 0.3) is 0 Å². The molecule has 0 aliphatic rings. The van der Waals surface area contributed by atoms with Gasteiger partial charge < -0.3 is 0 Å². The van der Waals surface area contributed by atoms with Crippen LogP contribution in [-0.2, 0) is 6.42 Å². The van der Waals surface area contributed by atoms with Crippen LogP contribution >= 0.6 is 0 Å². The first kappa shape index (κ1) is 15.5. The van der Waals surface area contributed by atoms with Crippen LogP contribution < -0.4 is 11.3 Å². The number of hydrogen-bond acceptors (Lipinski definition) is 2. The summed E-state index contributed by atoms with van der Waals surface area (Å²) in [4.78, 5) is 0. The topological polar surface area (TPSA) is 38.0 Å². The summed E-state index contributed by atoms with van der Waals surface area (Å²) >= 11 is 0. The standard InChI is InChI=1S/C16H17F3N2/c1-9-3-4-11(5-10(9)2)6-15(21-20)12-7-13(17)16(19)14(18)8-12/h3-5,7-8,15,21H,6,20H2,1-2H3. The minimum atomic E-state index is -1.47. The normalized spacial score (nSPS) is 12.5. The Morgan fingerprint density at radius 3 is 2.14 bits per heavy atom. The van der Waals surface area contributed by atoms with E-state index in [0.29, 0.717) is 6.42 Å². The summed E-state index contributed by atoms with van der Waals surface area (Å²) in [5.41, 5.74) is 6.05. The van der Waals surface area contributed by atoms with Gasteiger partial charge in [-0.25, -0.2) is 13.2 Å². The first-order chi connectivity index (χ1) is 9.92. The van der Waals surface area contributed by atoms with Gasteiger partial charge in [0.25, 0.3) is 0 Å². The van der Waals surface area contributed by atoms with E-state index in [0.717, 1.165) is 28.8 Å². The molecule has 0 amide bonds. The molecule has 0 radical (unpaired) electrons. The van der Waals surface area contributed by atoms with Gasteiger partial charge in [0.2, 0.25) is 0 Å². The Bertz CT molecular complexity index is 633. The molecule has 1 atom stereocenters. The quantitative estimate of drug-likeness (QED) is 0.515. The SMILES string of the molecule is Cc1ccc(CC(NN)c2cc(F)c(F)c(F)c2)cc1C. The minimum Gasteiger partial charge on any atom is -0.271 e. The molecule has 2 nitrogen and oxygen atoms in total. The molecule has 112 valence electrons. The summed E-state index contributed by atoms with van der Waals surface area (Å²) in [7, 11) is 0. The average molecular weight is 294 g/mol. The Labute approximate surface area is 121 Å². The highest BCUT2D eigenvalue weighted by molar-refractivity contribution is 5.32. The van der Waals surface area contributed by atoms with Crippen LogP contribution in [0.2, 0.25) is 0 Å². The highest BCUT2D eigenvalue weighted by Gasteiger charge is 2.17. The monoisotopic (exact) mass is 294 g/mol. The van der Waals surface area contributed by atoms with Crippen LogP contribution in [-0.4, -0.2) is 0 Å². The van der Waals surface area contributed by atoms with Crippen LogP contribution in [0.3, 0.4) is 0 Å². The van der Waals surface area contributed by atoms with E-state index in [1.54, 1.807) is 0 Å². The lowest BCUT2D eigenvalue weighted by Gasteiger charge is -2.17. The Kier molecular flexibility index (Phi) is 4.65. The van der Waals surface area contributed by atoms with E-state index < -0.39 is 23.5 Å². The van der Waals surface area contributed by atoms with Crippen molar-refractivity contribution in [3.63, 3.8) is 0 Å². The third-order valence-corrected chi connectivity index (χ3v) is 3.62. The molecule has 5 heteroatoms. The van der Waals surface area contributed by atoms with E-state index in [-0.39, 0.29) is 5.56 Å². The summed E-state index contributed by atoms with van der Waals surface area (Å²) in [5.74, 6) is 1.56. The third-order valence-electron chi connectivity index (χ3n) is 3.62. The van der Waals surface area contributed by atoms with Crippen LogP contribution in [0.15, 0.2) is 30.3 Å². The maximum atomic E-state index is 13.3. The number of nitrogens with one attached hydrogen (secondary N) is 1. The van der Waals surface area contributed by atoms with Gasteiger partial charge in [-0.1, -0.05) is 18.2 Å². The fraction of sp³-hybridized carbons (Fsp3) is 0.250. The van der Waals surface area contributed by atoms with E-state index >= 15 is 0 Å². The van der Waals surface area contributed by atoms with Gasteiger partial charge in [0.1, 0.15) is 0 Å². The number of nitrogens with two attached hydrogens (primary N) is 1. The van der Waals surface area contributed by atoms with Gasteiger partial charge in [-0.3, -0.25) is 11.3 Å². The van der Waals surface area contributed by atoms with Crippen molar-refractivity contribution < 1.29 is 13.2 Å². The molecule has 21 heavy (non-hydrogen) atoms. The van der Waals surface area contributed by atoms with E-state index in [9.17, 15) is 13.2 Å². The second-order valence-corrected chi connectivity index (χ2v) is 5.14. The molecule has 0 aliphatic carbocycles. The maximum absolute atomic E-state index is 13.3. The van der Waals surface area contributed by atoms with Gasteiger partial charge in [0.15, 0.2) is 17.5 Å². The number of benzene rings is 2. The molecule has 0 fully saturated rings. The summed E-state index contributed by atoms with van der Waals surface area (Å²) in [6.45, 7) is 3.99. The summed E-state index contributed by atoms with van der Waals surface area (Å²) in [6, 6.07) is 7.33. The van der Waals surface area contributed by atoms with Crippen molar-refractivity contribution in [3.8, 4) is 0 Å². The second-order valence-electron chi connectivity index (χ2n) is 5.14. The molecule has 3 N–H and O–H groups in total. The highest BCUT2D eigenvalue weighted by atomic mass is 19.2. The van der Waals surface area contributed by atoms with Crippen molar-refractivity contribution in [2.45, 2.75) is 26.3 Å². The van der Waals surface area contributed by atoms with E-state index in [1.807, 2.05) is 32.0 Å². The predicted molar refractivity (Wildman–Crippen MR) is 76.0 cm³/mol. The average Bonchev–Trinajstić information content (AvgIpc) is 2.45. The Morgan fingerprint density at radius 2 is 1.62 bits per heavy atom. The first-order valence-electron chi connectivity index (χ1n) is 6.59. The number of hydrogen-bond donors (Lipinski definition) is 2. The summed E-state index contributed by atoms with van der Waals surface area (Å²) in [6.07, 6.45) is 0.447. The highest BCUT2D eigenvalue weighted by Crippen LogP contribution is 2.23. The lowest BCUT2D eigenvalue weighted by Crippen LogP contribution is -2.30. The zero-order chi connectivity index (χ0) is 15.6. The molecule has 0 saturated heterocycles. The third kappa shape index (κ3) is 3.43. The van der Waals surface area contributed by atoms with Crippen molar-refractivity contribution in [2.24, 2.45) is 5.84 Å². The number of aryl methyl sites for hydroxylation is 2. The lowest BCUT2D eigenvalue weighted by atomic mass is 9.96. The zero-order valence-corrected chi connectivity index (χ0v) is 11.9. The van der Waals surface area contributed by atoms with E-state index in [1.165, 1.54) is 0 Å². The van der Waals surface area contributed by atoms with Gasteiger partial charge in [0.05, 0.1) is 6.04 Å². The molecule has 2 aromatic carbocycles. The van der Waals surface area contributed by atoms with Gasteiger partial charge in [-0.05, 0) is 54.7 Å². The minimum absolute atomic E-state index is 0.270. The van der Waals surface area contributed by atoms with Gasteiger partial charge >= 0.3 is 0 Å². The second kappa shape index (κ2) is 6.28. The van der Waals surface area contributed by atoms with Crippen molar-refractivity contribution in [1.82, 2.24) is 5.43 Å². The van der Waals surface area contributed by atoms with Gasteiger partial charge in [0, 0.05) is 0 Å². The van der Waals surface area contributed by atoms with Crippen LogP contribution in [0.4, 0.5) is 13.2 Å². The lowest BCUT2D eigenvalue weighted by molar-refractivity contribution is 0.439. The van der Waals surface area contributed by atoms with Crippen molar-refractivity contribution in [3.05, 3.63) is 70.0 Å². The number of rotatable bonds is 4. The smallest absolute Gasteiger partial charge is 0.194 e. The molecule has 0 aliphatic heterocycles. The molecule has 2 rings (SSSR count). The zero-order valence-electron chi connectivity index (χ0n) is 11.9. The van der Waals surface area contributed by atoms with Crippen LogP contribution in [0.1, 0.15) is 28.3 Å². The number of hydrazine groups is 1. The molecule has 0 aromatic heterocycles. The molecule has 0 saturated carbocycles. The van der Waals surface area contributed by atoms with Crippen molar-refractivity contribution in [1.29, 1.82) is 0 Å². The predicted octanol–water partition coefficient (Wildman–Crippen LogP) is 3.47. The van der Waals surface area contributed by atoms with E-state index in [2.05, 4.69) is 5.43 Å². The Morgan fingerprint density at radius 1 is 1.00 bits per heavy atom. The molecule has 2 aromatic rings. The first-order valence-corrected chi connectivity index (χ1v) is 6.59. The summed E-state index contributed by atoms with van der Waals surface area (Å²) < 4.78 is 39.6. The van der Waals surface area contributed by atoms with Crippen molar-refractivity contribution in [2.75, 3.05) is 0 Å².